The van der Waals surface area contributed by atoms with Crippen LogP contribution in [0.25, 0.3) is 10.8 Å². The number of ether oxygens (including phenoxy) is 1. The lowest BCUT2D eigenvalue weighted by Gasteiger charge is -2.35. The van der Waals surface area contributed by atoms with E-state index in [1.807, 2.05) is 36.4 Å². The van der Waals surface area contributed by atoms with Gasteiger partial charge in [0.15, 0.2) is 0 Å². The van der Waals surface area contributed by atoms with Crippen molar-refractivity contribution in [2.24, 2.45) is 0 Å². The molecule has 0 aromatic heterocycles. The van der Waals surface area contributed by atoms with Crippen molar-refractivity contribution in [2.75, 3.05) is 32.7 Å². The highest BCUT2D eigenvalue weighted by atomic mass is 19.3. The van der Waals surface area contributed by atoms with E-state index in [1.54, 1.807) is 17.0 Å². The van der Waals surface area contributed by atoms with Gasteiger partial charge in [-0.1, -0.05) is 42.5 Å². The number of rotatable bonds is 7. The van der Waals surface area contributed by atoms with Gasteiger partial charge in [0.25, 0.3) is 11.8 Å². The Bertz CT molecular complexity index is 1230. The van der Waals surface area contributed by atoms with Gasteiger partial charge in [-0.2, -0.15) is 8.78 Å². The number of benzene rings is 3. The first kappa shape index (κ1) is 24.1. The molecule has 1 heterocycles. The van der Waals surface area contributed by atoms with Crippen molar-refractivity contribution in [1.82, 2.24) is 15.1 Å². The lowest BCUT2D eigenvalue weighted by Crippen LogP contribution is -2.51. The minimum Gasteiger partial charge on any atom is -0.434 e. The molecule has 1 N–H and O–H groups in total. The number of carbonyl (C=O) groups is 3. The molecule has 0 spiro atoms. The predicted molar refractivity (Wildman–Crippen MR) is 126 cm³/mol. The minimum absolute atomic E-state index is 0.0592. The monoisotopic (exact) mass is 481 g/mol. The highest BCUT2D eigenvalue weighted by Crippen LogP contribution is 2.22. The highest BCUT2D eigenvalue weighted by molar-refractivity contribution is 5.99. The van der Waals surface area contributed by atoms with Crippen molar-refractivity contribution in [2.45, 2.75) is 13.0 Å². The summed E-state index contributed by atoms with van der Waals surface area (Å²) in [6.45, 7) is -1.64. The maximum absolute atomic E-state index is 12.8. The summed E-state index contributed by atoms with van der Waals surface area (Å²) >= 11 is 0. The molecule has 0 atom stereocenters. The summed E-state index contributed by atoms with van der Waals surface area (Å²) in [4.78, 5) is 41.0. The normalized spacial score (nSPS) is 13.7. The highest BCUT2D eigenvalue weighted by Gasteiger charge is 2.26. The molecule has 3 aromatic carbocycles. The maximum atomic E-state index is 12.8. The number of alkyl halides is 2. The Morgan fingerprint density at radius 2 is 1.51 bits per heavy atom. The molecule has 1 fully saturated rings. The van der Waals surface area contributed by atoms with Crippen LogP contribution in [0, 0.1) is 0 Å². The number of hydrogen-bond donors (Lipinski definition) is 1. The third kappa shape index (κ3) is 5.92. The van der Waals surface area contributed by atoms with Gasteiger partial charge in [-0.3, -0.25) is 14.4 Å². The average Bonchev–Trinajstić information content (AvgIpc) is 2.88. The molecule has 4 rings (SSSR count). The van der Waals surface area contributed by atoms with Gasteiger partial charge >= 0.3 is 6.61 Å². The average molecular weight is 481 g/mol. The number of para-hydroxylation sites is 1. The summed E-state index contributed by atoms with van der Waals surface area (Å²) < 4.78 is 29.7. The third-order valence-electron chi connectivity index (χ3n) is 5.89. The number of hydrogen-bond acceptors (Lipinski definition) is 4. The first-order valence-electron chi connectivity index (χ1n) is 11.3. The maximum Gasteiger partial charge on any atom is 0.387 e. The number of amides is 3. The fourth-order valence-corrected chi connectivity index (χ4v) is 4.05. The molecular formula is C26H25F2N3O4. The van der Waals surface area contributed by atoms with E-state index < -0.39 is 12.5 Å². The zero-order valence-corrected chi connectivity index (χ0v) is 19.0. The summed E-state index contributed by atoms with van der Waals surface area (Å²) in [5.74, 6) is -0.967. The second-order valence-corrected chi connectivity index (χ2v) is 8.12. The number of carbonyl (C=O) groups excluding carboxylic acids is 3. The SMILES string of the molecule is O=C(NCCC(=O)N1CCN(C(=O)c2ccccc2OC(F)F)CC1)c1ccc2ccccc2c1. The van der Waals surface area contributed by atoms with E-state index in [9.17, 15) is 23.2 Å². The van der Waals surface area contributed by atoms with Gasteiger partial charge in [0.2, 0.25) is 5.91 Å². The molecule has 0 unspecified atom stereocenters. The van der Waals surface area contributed by atoms with E-state index in [-0.39, 0.29) is 49.2 Å². The molecular weight excluding hydrogens is 456 g/mol. The molecule has 182 valence electrons. The summed E-state index contributed by atoms with van der Waals surface area (Å²) in [6, 6.07) is 19.1. The summed E-state index contributed by atoms with van der Waals surface area (Å²) in [7, 11) is 0. The van der Waals surface area contributed by atoms with E-state index in [0.29, 0.717) is 18.7 Å². The zero-order chi connectivity index (χ0) is 24.8. The Kier molecular flexibility index (Phi) is 7.54. The van der Waals surface area contributed by atoms with Crippen LogP contribution in [-0.2, 0) is 4.79 Å². The molecule has 0 saturated carbocycles. The number of nitrogens with one attached hydrogen (secondary N) is 1. The Morgan fingerprint density at radius 1 is 0.857 bits per heavy atom. The lowest BCUT2D eigenvalue weighted by molar-refractivity contribution is -0.132. The molecule has 1 aliphatic heterocycles. The molecule has 1 saturated heterocycles. The molecule has 0 aliphatic carbocycles. The second kappa shape index (κ2) is 10.9. The van der Waals surface area contributed by atoms with Gasteiger partial charge in [0, 0.05) is 44.7 Å². The van der Waals surface area contributed by atoms with E-state index in [4.69, 9.17) is 0 Å². The first-order chi connectivity index (χ1) is 16.9. The Hall–Kier alpha value is -4.01. The van der Waals surface area contributed by atoms with Crippen LogP contribution < -0.4 is 10.1 Å². The molecule has 9 heteroatoms. The largest absolute Gasteiger partial charge is 0.434 e. The summed E-state index contributed by atoms with van der Waals surface area (Å²) in [5.41, 5.74) is 0.586. The van der Waals surface area contributed by atoms with Crippen molar-refractivity contribution in [3.63, 3.8) is 0 Å². The van der Waals surface area contributed by atoms with Crippen LogP contribution in [0.15, 0.2) is 66.7 Å². The van der Waals surface area contributed by atoms with Crippen LogP contribution in [0.2, 0.25) is 0 Å². The van der Waals surface area contributed by atoms with Gasteiger partial charge in [-0.15, -0.1) is 0 Å². The Morgan fingerprint density at radius 3 is 2.26 bits per heavy atom. The summed E-state index contributed by atoms with van der Waals surface area (Å²) in [6.07, 6.45) is 0.137. The van der Waals surface area contributed by atoms with Gasteiger partial charge in [-0.25, -0.2) is 0 Å². The smallest absolute Gasteiger partial charge is 0.387 e. The Labute approximate surface area is 201 Å². The Balaban J connectivity index is 1.25. The van der Waals surface area contributed by atoms with Crippen LogP contribution >= 0.6 is 0 Å². The van der Waals surface area contributed by atoms with E-state index in [2.05, 4.69) is 10.1 Å². The first-order valence-corrected chi connectivity index (χ1v) is 11.3. The van der Waals surface area contributed by atoms with Gasteiger partial charge in [0.1, 0.15) is 5.75 Å². The third-order valence-corrected chi connectivity index (χ3v) is 5.89. The summed E-state index contributed by atoms with van der Waals surface area (Å²) in [5, 5.41) is 4.79. The number of piperazine rings is 1. The standard InChI is InChI=1S/C26H25F2N3O4/c27-26(28)35-22-8-4-3-7-21(22)25(34)31-15-13-30(14-16-31)23(32)11-12-29-24(33)20-10-9-18-5-1-2-6-19(18)17-20/h1-10,17,26H,11-16H2,(H,29,33). The molecule has 3 amide bonds. The fraction of sp³-hybridized carbons (Fsp3) is 0.269. The molecule has 1 aliphatic rings. The zero-order valence-electron chi connectivity index (χ0n) is 19.0. The van der Waals surface area contributed by atoms with Crippen LogP contribution in [0.3, 0.4) is 0 Å². The van der Waals surface area contributed by atoms with E-state index in [0.717, 1.165) is 10.8 Å². The number of fused-ring (bicyclic) bond motifs is 1. The van der Waals surface area contributed by atoms with Crippen LogP contribution in [0.1, 0.15) is 27.1 Å². The quantitative estimate of drug-likeness (QED) is 0.560. The molecule has 35 heavy (non-hydrogen) atoms. The second-order valence-electron chi connectivity index (χ2n) is 8.12. The van der Waals surface area contributed by atoms with Crippen molar-refractivity contribution in [3.8, 4) is 5.75 Å². The van der Waals surface area contributed by atoms with Gasteiger partial charge in [0.05, 0.1) is 5.56 Å². The van der Waals surface area contributed by atoms with Crippen molar-refractivity contribution >= 4 is 28.5 Å². The molecule has 3 aromatic rings. The van der Waals surface area contributed by atoms with Crippen LogP contribution in [0.5, 0.6) is 5.75 Å². The molecule has 0 radical (unpaired) electrons. The topological polar surface area (TPSA) is 79.0 Å². The van der Waals surface area contributed by atoms with Crippen LogP contribution in [-0.4, -0.2) is 66.9 Å². The van der Waals surface area contributed by atoms with E-state index in [1.165, 1.54) is 23.1 Å². The minimum atomic E-state index is -3.03. The van der Waals surface area contributed by atoms with Gasteiger partial charge in [-0.05, 0) is 35.0 Å². The van der Waals surface area contributed by atoms with Crippen LogP contribution in [0.4, 0.5) is 8.78 Å². The van der Waals surface area contributed by atoms with Crippen molar-refractivity contribution < 1.29 is 27.9 Å². The lowest BCUT2D eigenvalue weighted by atomic mass is 10.1. The fourth-order valence-electron chi connectivity index (χ4n) is 4.05. The number of nitrogens with zero attached hydrogens (tertiary/aromatic N) is 2. The predicted octanol–water partition coefficient (Wildman–Crippen LogP) is 3.55. The van der Waals surface area contributed by atoms with E-state index >= 15 is 0 Å². The van der Waals surface area contributed by atoms with Crippen molar-refractivity contribution in [1.29, 1.82) is 0 Å². The molecule has 0 bridgehead atoms. The molecule has 7 nitrogen and oxygen atoms in total. The van der Waals surface area contributed by atoms with Crippen molar-refractivity contribution in [3.05, 3.63) is 77.9 Å². The number of halogens is 2. The van der Waals surface area contributed by atoms with Gasteiger partial charge < -0.3 is 19.9 Å².